The minimum atomic E-state index is -0.982. The molecule has 0 saturated heterocycles. The van der Waals surface area contributed by atoms with Crippen molar-refractivity contribution in [3.63, 3.8) is 0 Å². The summed E-state index contributed by atoms with van der Waals surface area (Å²) in [6, 6.07) is 9.57. The number of halogens is 2. The van der Waals surface area contributed by atoms with Crippen molar-refractivity contribution in [2.45, 2.75) is 13.5 Å². The molecule has 3 nitrogen and oxygen atoms in total. The molecule has 0 heterocycles. The molecule has 2 rings (SSSR count). The van der Waals surface area contributed by atoms with Crippen LogP contribution in [0.3, 0.4) is 0 Å². The van der Waals surface area contributed by atoms with Crippen LogP contribution < -0.4 is 4.90 Å². The molecule has 5 heteroatoms. The van der Waals surface area contributed by atoms with Crippen molar-refractivity contribution in [1.82, 2.24) is 0 Å². The Balaban J connectivity index is 2.26. The molecule has 0 saturated carbocycles. The first-order valence-electron chi connectivity index (χ1n) is 6.37. The molecule has 2 aromatic carbocycles. The van der Waals surface area contributed by atoms with Crippen molar-refractivity contribution in [2.24, 2.45) is 0 Å². The first-order chi connectivity index (χ1) is 9.88. The van der Waals surface area contributed by atoms with E-state index in [2.05, 4.69) is 0 Å². The van der Waals surface area contributed by atoms with Crippen LogP contribution >= 0.6 is 11.6 Å². The van der Waals surface area contributed by atoms with Crippen LogP contribution in [0.5, 0.6) is 0 Å². The van der Waals surface area contributed by atoms with Gasteiger partial charge in [-0.15, -0.1) is 0 Å². The van der Waals surface area contributed by atoms with Crippen LogP contribution in [0, 0.1) is 12.7 Å². The smallest absolute Gasteiger partial charge is 0.335 e. The summed E-state index contributed by atoms with van der Waals surface area (Å²) in [7, 11) is 1.80. The molecule has 2 aromatic rings. The molecule has 21 heavy (non-hydrogen) atoms. The number of rotatable bonds is 4. The van der Waals surface area contributed by atoms with Crippen LogP contribution in [0.15, 0.2) is 36.4 Å². The number of carboxylic acids is 1. The summed E-state index contributed by atoms with van der Waals surface area (Å²) in [5, 5.41) is 9.50. The normalized spacial score (nSPS) is 10.5. The molecule has 1 N–H and O–H groups in total. The number of hydrogen-bond donors (Lipinski definition) is 1. The monoisotopic (exact) mass is 307 g/mol. The van der Waals surface area contributed by atoms with Crippen LogP contribution in [0.4, 0.5) is 10.1 Å². The summed E-state index contributed by atoms with van der Waals surface area (Å²) in [6.45, 7) is 2.05. The van der Waals surface area contributed by atoms with Gasteiger partial charge in [0.2, 0.25) is 0 Å². The summed E-state index contributed by atoms with van der Waals surface area (Å²) in [4.78, 5) is 12.8. The predicted octanol–water partition coefficient (Wildman–Crippen LogP) is 4.12. The Morgan fingerprint density at radius 2 is 2.05 bits per heavy atom. The first-order valence-corrected chi connectivity index (χ1v) is 6.75. The summed E-state index contributed by atoms with van der Waals surface area (Å²) < 4.78 is 13.6. The second kappa shape index (κ2) is 6.14. The van der Waals surface area contributed by atoms with Gasteiger partial charge in [0, 0.05) is 24.3 Å². The molecule has 0 atom stereocenters. The topological polar surface area (TPSA) is 40.5 Å². The van der Waals surface area contributed by atoms with Crippen LogP contribution in [-0.2, 0) is 6.54 Å². The second-order valence-corrected chi connectivity index (χ2v) is 5.31. The highest BCUT2D eigenvalue weighted by Gasteiger charge is 2.10. The Kier molecular flexibility index (Phi) is 4.48. The standard InChI is InChI=1S/C16H15ClFNO2/c1-10-6-14(17)12(8-15(10)18)9-19(2)13-5-3-4-11(7-13)16(20)21/h3-8H,9H2,1-2H3,(H,20,21). The zero-order valence-electron chi connectivity index (χ0n) is 11.7. The Hall–Kier alpha value is -2.07. The number of carboxylic acid groups (broad SMARTS) is 1. The average molecular weight is 308 g/mol. The van der Waals surface area contributed by atoms with E-state index < -0.39 is 5.97 Å². The average Bonchev–Trinajstić information content (AvgIpc) is 2.44. The van der Waals surface area contributed by atoms with E-state index in [0.717, 1.165) is 5.69 Å². The largest absolute Gasteiger partial charge is 0.478 e. The van der Waals surface area contributed by atoms with Crippen LogP contribution in [0.25, 0.3) is 0 Å². The number of aromatic carboxylic acids is 1. The van der Waals surface area contributed by atoms with Gasteiger partial charge in [-0.05, 0) is 48.4 Å². The number of carbonyl (C=O) groups is 1. The van der Waals surface area contributed by atoms with Crippen molar-refractivity contribution in [1.29, 1.82) is 0 Å². The molecule has 0 spiro atoms. The van der Waals surface area contributed by atoms with Gasteiger partial charge in [-0.2, -0.15) is 0 Å². The fourth-order valence-electron chi connectivity index (χ4n) is 2.03. The molecule has 0 aromatic heterocycles. The number of nitrogens with zero attached hydrogens (tertiary/aromatic N) is 1. The molecule has 0 fully saturated rings. The molecular formula is C16H15ClFNO2. The van der Waals surface area contributed by atoms with Crippen molar-refractivity contribution in [2.75, 3.05) is 11.9 Å². The van der Waals surface area contributed by atoms with Gasteiger partial charge in [0.15, 0.2) is 0 Å². The number of aryl methyl sites for hydroxylation is 1. The lowest BCUT2D eigenvalue weighted by Crippen LogP contribution is -2.17. The highest BCUT2D eigenvalue weighted by molar-refractivity contribution is 6.31. The van der Waals surface area contributed by atoms with E-state index in [-0.39, 0.29) is 11.4 Å². The molecule has 0 aliphatic carbocycles. The highest BCUT2D eigenvalue weighted by Crippen LogP contribution is 2.24. The lowest BCUT2D eigenvalue weighted by atomic mass is 10.1. The zero-order valence-corrected chi connectivity index (χ0v) is 12.5. The minimum absolute atomic E-state index is 0.209. The Bertz CT molecular complexity index is 688. The summed E-state index contributed by atoms with van der Waals surface area (Å²) in [5.41, 5.74) is 2.09. The number of anilines is 1. The van der Waals surface area contributed by atoms with Crippen LogP contribution in [0.1, 0.15) is 21.5 Å². The summed E-state index contributed by atoms with van der Waals surface area (Å²) in [6.07, 6.45) is 0. The van der Waals surface area contributed by atoms with Crippen molar-refractivity contribution < 1.29 is 14.3 Å². The highest BCUT2D eigenvalue weighted by atomic mass is 35.5. The van der Waals surface area contributed by atoms with Gasteiger partial charge in [0.1, 0.15) is 5.82 Å². The lowest BCUT2D eigenvalue weighted by Gasteiger charge is -2.20. The van der Waals surface area contributed by atoms with Crippen LogP contribution in [0.2, 0.25) is 5.02 Å². The van der Waals surface area contributed by atoms with E-state index in [1.807, 2.05) is 4.90 Å². The van der Waals surface area contributed by atoms with Gasteiger partial charge in [0.25, 0.3) is 0 Å². The van der Waals surface area contributed by atoms with E-state index in [0.29, 0.717) is 22.7 Å². The zero-order chi connectivity index (χ0) is 15.6. The maximum Gasteiger partial charge on any atom is 0.335 e. The minimum Gasteiger partial charge on any atom is -0.478 e. The maximum atomic E-state index is 13.6. The van der Waals surface area contributed by atoms with E-state index in [1.165, 1.54) is 12.1 Å². The van der Waals surface area contributed by atoms with Gasteiger partial charge >= 0.3 is 5.97 Å². The van der Waals surface area contributed by atoms with E-state index in [1.54, 1.807) is 38.2 Å². The molecule has 0 unspecified atom stereocenters. The third-order valence-electron chi connectivity index (χ3n) is 3.27. The SMILES string of the molecule is Cc1cc(Cl)c(CN(C)c2cccc(C(=O)O)c2)cc1F. The molecule has 0 aliphatic heterocycles. The molecule has 0 radical (unpaired) electrons. The first kappa shape index (κ1) is 15.3. The fourth-order valence-corrected chi connectivity index (χ4v) is 2.31. The quantitative estimate of drug-likeness (QED) is 0.923. The van der Waals surface area contributed by atoms with Crippen molar-refractivity contribution >= 4 is 23.3 Å². The predicted molar refractivity (Wildman–Crippen MR) is 81.7 cm³/mol. The summed E-state index contributed by atoms with van der Waals surface area (Å²) >= 11 is 6.13. The molecule has 110 valence electrons. The van der Waals surface area contributed by atoms with Gasteiger partial charge in [-0.1, -0.05) is 17.7 Å². The van der Waals surface area contributed by atoms with E-state index in [9.17, 15) is 9.18 Å². The maximum absolute atomic E-state index is 13.6. The third-order valence-corrected chi connectivity index (χ3v) is 3.62. The lowest BCUT2D eigenvalue weighted by molar-refractivity contribution is 0.0697. The number of hydrogen-bond acceptors (Lipinski definition) is 2. The van der Waals surface area contributed by atoms with Crippen molar-refractivity contribution in [3.05, 3.63) is 63.9 Å². The summed E-state index contributed by atoms with van der Waals surface area (Å²) in [5.74, 6) is -1.29. The third kappa shape index (κ3) is 3.52. The van der Waals surface area contributed by atoms with Gasteiger partial charge < -0.3 is 10.0 Å². The molecule has 0 bridgehead atoms. The van der Waals surface area contributed by atoms with Crippen LogP contribution in [-0.4, -0.2) is 18.1 Å². The Labute approximate surface area is 127 Å². The fraction of sp³-hybridized carbons (Fsp3) is 0.188. The van der Waals surface area contributed by atoms with Crippen molar-refractivity contribution in [3.8, 4) is 0 Å². The molecule has 0 amide bonds. The Morgan fingerprint density at radius 3 is 2.71 bits per heavy atom. The number of benzene rings is 2. The molecular weight excluding hydrogens is 293 g/mol. The van der Waals surface area contributed by atoms with E-state index >= 15 is 0 Å². The van der Waals surface area contributed by atoms with Gasteiger partial charge in [-0.3, -0.25) is 0 Å². The molecule has 0 aliphatic rings. The van der Waals surface area contributed by atoms with Gasteiger partial charge in [-0.25, -0.2) is 9.18 Å². The van der Waals surface area contributed by atoms with Gasteiger partial charge in [0.05, 0.1) is 5.56 Å². The Morgan fingerprint density at radius 1 is 1.33 bits per heavy atom. The van der Waals surface area contributed by atoms with E-state index in [4.69, 9.17) is 16.7 Å². The second-order valence-electron chi connectivity index (χ2n) is 4.90.